The van der Waals surface area contributed by atoms with Gasteiger partial charge in [0.15, 0.2) is 0 Å². The number of pyridine rings is 1. The smallest absolute Gasteiger partial charge is 0.256 e. The van der Waals surface area contributed by atoms with Crippen molar-refractivity contribution in [2.75, 3.05) is 5.32 Å². The Kier molecular flexibility index (Phi) is 4.43. The number of carbonyl (C=O) groups excluding carboxylic acids is 1. The minimum absolute atomic E-state index is 0.129. The van der Waals surface area contributed by atoms with Crippen LogP contribution in [-0.4, -0.2) is 10.9 Å². The van der Waals surface area contributed by atoms with Crippen molar-refractivity contribution in [2.45, 2.75) is 13.8 Å². The molecule has 0 atom stereocenters. The number of benzene rings is 3. The highest BCUT2D eigenvalue weighted by Gasteiger charge is 2.14. The van der Waals surface area contributed by atoms with E-state index in [1.54, 1.807) is 0 Å². The molecule has 1 aromatic heterocycles. The quantitative estimate of drug-likeness (QED) is 0.508. The number of nitrogens with zero attached hydrogens (tertiary/aromatic N) is 1. The summed E-state index contributed by atoms with van der Waals surface area (Å²) in [6.45, 7) is 4.03. The highest BCUT2D eigenvalue weighted by atomic mass is 16.1. The Balaban J connectivity index is 1.84. The molecule has 0 aliphatic heterocycles. The Morgan fingerprint density at radius 2 is 1.59 bits per heavy atom. The third-order valence-corrected chi connectivity index (χ3v) is 4.55. The van der Waals surface area contributed by atoms with Crippen molar-refractivity contribution in [2.24, 2.45) is 0 Å². The van der Waals surface area contributed by atoms with Crippen molar-refractivity contribution < 1.29 is 4.79 Å². The summed E-state index contributed by atoms with van der Waals surface area (Å²) in [5, 5.41) is 3.88. The summed E-state index contributed by atoms with van der Waals surface area (Å²) in [6.07, 6.45) is 0. The van der Waals surface area contributed by atoms with Crippen molar-refractivity contribution in [3.8, 4) is 11.3 Å². The first-order valence-electron chi connectivity index (χ1n) is 8.95. The summed E-state index contributed by atoms with van der Waals surface area (Å²) in [4.78, 5) is 17.9. The lowest BCUT2D eigenvalue weighted by molar-refractivity contribution is 0.102. The van der Waals surface area contributed by atoms with E-state index in [1.807, 2.05) is 92.7 Å². The average molecular weight is 352 g/mol. The predicted molar refractivity (Wildman–Crippen MR) is 111 cm³/mol. The standard InChI is InChI=1S/C24H20N2O/c1-16-7-6-10-19(13-16)25-24(27)21-15-23(18-8-4-3-5-9-18)26-22-12-11-17(2)14-20(21)22/h3-15H,1-2H3,(H,25,27). The van der Waals surface area contributed by atoms with E-state index in [0.29, 0.717) is 5.56 Å². The minimum atomic E-state index is -0.129. The van der Waals surface area contributed by atoms with Gasteiger partial charge in [0.2, 0.25) is 0 Å². The molecule has 3 nitrogen and oxygen atoms in total. The van der Waals surface area contributed by atoms with Gasteiger partial charge in [0, 0.05) is 16.6 Å². The average Bonchev–Trinajstić information content (AvgIpc) is 2.68. The van der Waals surface area contributed by atoms with Crippen LogP contribution in [0.1, 0.15) is 21.5 Å². The van der Waals surface area contributed by atoms with Gasteiger partial charge in [-0.3, -0.25) is 4.79 Å². The summed E-state index contributed by atoms with van der Waals surface area (Å²) < 4.78 is 0. The number of hydrogen-bond acceptors (Lipinski definition) is 2. The van der Waals surface area contributed by atoms with Crippen LogP contribution < -0.4 is 5.32 Å². The predicted octanol–water partition coefficient (Wildman–Crippen LogP) is 5.77. The van der Waals surface area contributed by atoms with E-state index in [4.69, 9.17) is 4.98 Å². The van der Waals surface area contributed by atoms with Crippen LogP contribution in [-0.2, 0) is 0 Å². The molecule has 1 N–H and O–H groups in total. The monoisotopic (exact) mass is 352 g/mol. The highest BCUT2D eigenvalue weighted by molar-refractivity contribution is 6.13. The maximum Gasteiger partial charge on any atom is 0.256 e. The third-order valence-electron chi connectivity index (χ3n) is 4.55. The van der Waals surface area contributed by atoms with Crippen LogP contribution in [0, 0.1) is 13.8 Å². The number of fused-ring (bicyclic) bond motifs is 1. The van der Waals surface area contributed by atoms with Gasteiger partial charge in [-0.05, 0) is 49.7 Å². The molecule has 1 heterocycles. The highest BCUT2D eigenvalue weighted by Crippen LogP contribution is 2.26. The number of carbonyl (C=O) groups is 1. The van der Waals surface area contributed by atoms with Gasteiger partial charge in [-0.15, -0.1) is 0 Å². The van der Waals surface area contributed by atoms with Crippen molar-refractivity contribution in [3.63, 3.8) is 0 Å². The first-order valence-corrected chi connectivity index (χ1v) is 8.95. The fourth-order valence-corrected chi connectivity index (χ4v) is 3.21. The first-order chi connectivity index (χ1) is 13.1. The Hall–Kier alpha value is -3.46. The molecule has 0 aliphatic carbocycles. The number of hydrogen-bond donors (Lipinski definition) is 1. The van der Waals surface area contributed by atoms with Crippen LogP contribution in [0.5, 0.6) is 0 Å². The summed E-state index contributed by atoms with van der Waals surface area (Å²) in [6, 6.07) is 25.6. The molecule has 0 saturated carbocycles. The summed E-state index contributed by atoms with van der Waals surface area (Å²) >= 11 is 0. The number of nitrogens with one attached hydrogen (secondary N) is 1. The van der Waals surface area contributed by atoms with Gasteiger partial charge in [-0.2, -0.15) is 0 Å². The number of anilines is 1. The van der Waals surface area contributed by atoms with Crippen molar-refractivity contribution in [1.82, 2.24) is 4.98 Å². The van der Waals surface area contributed by atoms with Crippen LogP contribution >= 0.6 is 0 Å². The molecule has 1 amide bonds. The van der Waals surface area contributed by atoms with Gasteiger partial charge in [0.25, 0.3) is 5.91 Å². The van der Waals surface area contributed by atoms with Gasteiger partial charge in [-0.25, -0.2) is 4.98 Å². The largest absolute Gasteiger partial charge is 0.322 e. The molecule has 0 radical (unpaired) electrons. The second kappa shape index (κ2) is 7.04. The molecule has 0 spiro atoms. The number of rotatable bonds is 3. The zero-order valence-electron chi connectivity index (χ0n) is 15.4. The number of aryl methyl sites for hydroxylation is 2. The fourth-order valence-electron chi connectivity index (χ4n) is 3.21. The Labute approximate surface area is 158 Å². The molecule has 0 aliphatic rings. The molecule has 0 bridgehead atoms. The van der Waals surface area contributed by atoms with E-state index >= 15 is 0 Å². The van der Waals surface area contributed by atoms with Gasteiger partial charge in [0.1, 0.15) is 0 Å². The Morgan fingerprint density at radius 1 is 0.815 bits per heavy atom. The van der Waals surface area contributed by atoms with Crippen LogP contribution in [0.3, 0.4) is 0 Å². The zero-order valence-corrected chi connectivity index (χ0v) is 15.4. The van der Waals surface area contributed by atoms with Crippen LogP contribution in [0.4, 0.5) is 5.69 Å². The van der Waals surface area contributed by atoms with E-state index in [-0.39, 0.29) is 5.91 Å². The summed E-state index contributed by atoms with van der Waals surface area (Å²) in [5.41, 5.74) is 6.22. The van der Waals surface area contributed by atoms with Crippen molar-refractivity contribution in [3.05, 3.63) is 95.6 Å². The van der Waals surface area contributed by atoms with Crippen LogP contribution in [0.25, 0.3) is 22.2 Å². The Bertz CT molecular complexity index is 1130. The fraction of sp³-hybridized carbons (Fsp3) is 0.0833. The second-order valence-corrected chi connectivity index (χ2v) is 6.77. The molecule has 27 heavy (non-hydrogen) atoms. The van der Waals surface area contributed by atoms with E-state index in [2.05, 4.69) is 5.32 Å². The Morgan fingerprint density at radius 3 is 2.37 bits per heavy atom. The molecule has 0 unspecified atom stereocenters. The summed E-state index contributed by atoms with van der Waals surface area (Å²) in [7, 11) is 0. The maximum atomic E-state index is 13.1. The lowest BCUT2D eigenvalue weighted by Gasteiger charge is -2.12. The lowest BCUT2D eigenvalue weighted by atomic mass is 10.0. The van der Waals surface area contributed by atoms with Crippen molar-refractivity contribution in [1.29, 1.82) is 0 Å². The van der Waals surface area contributed by atoms with Crippen molar-refractivity contribution >= 4 is 22.5 Å². The zero-order chi connectivity index (χ0) is 18.8. The second-order valence-electron chi connectivity index (χ2n) is 6.77. The van der Waals surface area contributed by atoms with Gasteiger partial charge < -0.3 is 5.32 Å². The molecule has 3 aromatic carbocycles. The molecule has 4 aromatic rings. The molecule has 4 rings (SSSR count). The topological polar surface area (TPSA) is 42.0 Å². The van der Waals surface area contributed by atoms with Gasteiger partial charge in [-0.1, -0.05) is 54.1 Å². The van der Waals surface area contributed by atoms with E-state index in [0.717, 1.165) is 39.0 Å². The maximum absolute atomic E-state index is 13.1. The van der Waals surface area contributed by atoms with E-state index in [9.17, 15) is 4.79 Å². The lowest BCUT2D eigenvalue weighted by Crippen LogP contribution is -2.13. The van der Waals surface area contributed by atoms with Crippen LogP contribution in [0.15, 0.2) is 78.9 Å². The SMILES string of the molecule is Cc1cccc(NC(=O)c2cc(-c3ccccc3)nc3ccc(C)cc23)c1. The number of amides is 1. The first kappa shape index (κ1) is 17.0. The van der Waals surface area contributed by atoms with E-state index < -0.39 is 0 Å². The third kappa shape index (κ3) is 3.58. The summed E-state index contributed by atoms with van der Waals surface area (Å²) in [5.74, 6) is -0.129. The molecular weight excluding hydrogens is 332 g/mol. The van der Waals surface area contributed by atoms with Crippen LogP contribution in [0.2, 0.25) is 0 Å². The normalized spacial score (nSPS) is 10.7. The molecular formula is C24H20N2O. The molecule has 0 saturated heterocycles. The molecule has 132 valence electrons. The molecule has 0 fully saturated rings. The molecule has 3 heteroatoms. The number of aromatic nitrogens is 1. The van der Waals surface area contributed by atoms with Gasteiger partial charge in [0.05, 0.1) is 16.8 Å². The minimum Gasteiger partial charge on any atom is -0.322 e. The van der Waals surface area contributed by atoms with Gasteiger partial charge >= 0.3 is 0 Å². The van der Waals surface area contributed by atoms with E-state index in [1.165, 1.54) is 0 Å².